The maximum atomic E-state index is 13.4. The zero-order valence-corrected chi connectivity index (χ0v) is 17.4. The Balaban J connectivity index is 1.41. The summed E-state index contributed by atoms with van der Waals surface area (Å²) in [6.45, 7) is 1.79. The lowest BCUT2D eigenvalue weighted by Gasteiger charge is -2.39. The molecule has 0 radical (unpaired) electrons. The second kappa shape index (κ2) is 8.34. The number of nitriles is 1. The molecule has 3 heterocycles. The molecule has 0 spiro atoms. The zero-order chi connectivity index (χ0) is 22.1. The van der Waals surface area contributed by atoms with Gasteiger partial charge < -0.3 is 14.5 Å². The van der Waals surface area contributed by atoms with Crippen LogP contribution in [0, 0.1) is 11.3 Å². The number of pyridine rings is 1. The van der Waals surface area contributed by atoms with E-state index in [1.54, 1.807) is 4.90 Å². The van der Waals surface area contributed by atoms with Crippen LogP contribution in [0.5, 0.6) is 5.19 Å². The van der Waals surface area contributed by atoms with Gasteiger partial charge in [0.25, 0.3) is 11.1 Å². The number of anilines is 1. The van der Waals surface area contributed by atoms with Gasteiger partial charge in [0.15, 0.2) is 5.60 Å². The number of carbonyl (C=O) groups excluding carboxylic acids is 1. The average Bonchev–Trinajstić information content (AvgIpc) is 3.43. The monoisotopic (exact) mass is 451 g/mol. The molecule has 11 heteroatoms. The van der Waals surface area contributed by atoms with Crippen molar-refractivity contribution in [1.82, 2.24) is 14.9 Å². The molecule has 2 fully saturated rings. The Morgan fingerprint density at radius 2 is 1.84 bits per heavy atom. The lowest BCUT2D eigenvalue weighted by Crippen LogP contribution is -2.57. The molecule has 4 rings (SSSR count). The standard InChI is InChI=1S/C20H20F3N5O2S/c21-20(22,23)14-3-4-16(25-12-14)27-7-9-28(10-8-27)17(29)19(5-1-2-6-19)30-18-26-13-15(11-24)31-18/h3-4,12-13H,1-2,5-10H2. The highest BCUT2D eigenvalue weighted by Gasteiger charge is 2.47. The predicted octanol–water partition coefficient (Wildman–Crippen LogP) is 3.47. The molecular formula is C20H20F3N5O2S. The van der Waals surface area contributed by atoms with Crippen molar-refractivity contribution < 1.29 is 22.7 Å². The van der Waals surface area contributed by atoms with Crippen LogP contribution in [-0.4, -0.2) is 52.6 Å². The number of hydrogen-bond acceptors (Lipinski definition) is 7. The Bertz CT molecular complexity index is 972. The Hall–Kier alpha value is -2.87. The molecule has 164 valence electrons. The van der Waals surface area contributed by atoms with Crippen molar-refractivity contribution in [2.45, 2.75) is 37.5 Å². The quantitative estimate of drug-likeness (QED) is 0.708. The van der Waals surface area contributed by atoms with Crippen LogP contribution in [0.15, 0.2) is 24.5 Å². The van der Waals surface area contributed by atoms with E-state index < -0.39 is 17.3 Å². The highest BCUT2D eigenvalue weighted by Crippen LogP contribution is 2.38. The number of rotatable bonds is 4. The van der Waals surface area contributed by atoms with Gasteiger partial charge in [0, 0.05) is 32.4 Å². The number of alkyl halides is 3. The summed E-state index contributed by atoms with van der Waals surface area (Å²) in [4.78, 5) is 25.4. The molecule has 1 saturated heterocycles. The van der Waals surface area contributed by atoms with Gasteiger partial charge in [-0.25, -0.2) is 9.97 Å². The number of thiazole rings is 1. The van der Waals surface area contributed by atoms with Gasteiger partial charge in [0.1, 0.15) is 16.8 Å². The normalized spacial score (nSPS) is 18.6. The van der Waals surface area contributed by atoms with E-state index in [2.05, 4.69) is 9.97 Å². The number of piperazine rings is 1. The van der Waals surface area contributed by atoms with E-state index >= 15 is 0 Å². The fraction of sp³-hybridized carbons (Fsp3) is 0.500. The summed E-state index contributed by atoms with van der Waals surface area (Å²) in [5.74, 6) is 0.359. The van der Waals surface area contributed by atoms with Crippen molar-refractivity contribution >= 4 is 23.1 Å². The van der Waals surface area contributed by atoms with E-state index in [9.17, 15) is 18.0 Å². The van der Waals surface area contributed by atoms with Crippen LogP contribution < -0.4 is 9.64 Å². The fourth-order valence-electron chi connectivity index (χ4n) is 4.00. The van der Waals surface area contributed by atoms with Gasteiger partial charge in [-0.05, 0) is 37.8 Å². The van der Waals surface area contributed by atoms with Crippen molar-refractivity contribution in [2.75, 3.05) is 31.1 Å². The highest BCUT2D eigenvalue weighted by atomic mass is 32.1. The molecule has 0 atom stereocenters. The van der Waals surface area contributed by atoms with Gasteiger partial charge in [-0.1, -0.05) is 11.3 Å². The number of amides is 1. The van der Waals surface area contributed by atoms with Gasteiger partial charge in [0.2, 0.25) is 0 Å². The van der Waals surface area contributed by atoms with Gasteiger partial charge in [-0.2, -0.15) is 18.4 Å². The van der Waals surface area contributed by atoms with Gasteiger partial charge >= 0.3 is 6.18 Å². The molecule has 2 aromatic rings. The Morgan fingerprint density at radius 3 is 2.39 bits per heavy atom. The van der Waals surface area contributed by atoms with Crippen molar-refractivity contribution in [3.8, 4) is 11.3 Å². The van der Waals surface area contributed by atoms with Crippen molar-refractivity contribution in [3.63, 3.8) is 0 Å². The third-order valence-electron chi connectivity index (χ3n) is 5.64. The molecule has 1 amide bonds. The number of aromatic nitrogens is 2. The molecule has 1 aliphatic heterocycles. The van der Waals surface area contributed by atoms with Crippen LogP contribution in [0.2, 0.25) is 0 Å². The van der Waals surface area contributed by atoms with Crippen molar-refractivity contribution in [3.05, 3.63) is 35.0 Å². The van der Waals surface area contributed by atoms with E-state index in [4.69, 9.17) is 10.00 Å². The highest BCUT2D eigenvalue weighted by molar-refractivity contribution is 7.13. The zero-order valence-electron chi connectivity index (χ0n) is 16.6. The summed E-state index contributed by atoms with van der Waals surface area (Å²) >= 11 is 1.12. The first-order valence-corrected chi connectivity index (χ1v) is 10.7. The molecule has 0 unspecified atom stereocenters. The summed E-state index contributed by atoms with van der Waals surface area (Å²) in [5.41, 5.74) is -1.76. The van der Waals surface area contributed by atoms with Crippen LogP contribution in [-0.2, 0) is 11.0 Å². The second-order valence-corrected chi connectivity index (χ2v) is 8.58. The largest absolute Gasteiger partial charge is 0.453 e. The maximum absolute atomic E-state index is 13.4. The van der Waals surface area contributed by atoms with E-state index in [0.717, 1.165) is 36.4 Å². The van der Waals surface area contributed by atoms with Crippen LogP contribution in [0.1, 0.15) is 36.1 Å². The number of carbonyl (C=O) groups is 1. The maximum Gasteiger partial charge on any atom is 0.417 e. The summed E-state index contributed by atoms with van der Waals surface area (Å²) in [6.07, 6.45) is 0.773. The number of nitrogens with zero attached hydrogens (tertiary/aromatic N) is 5. The predicted molar refractivity (Wildman–Crippen MR) is 107 cm³/mol. The minimum atomic E-state index is -4.42. The SMILES string of the molecule is N#Cc1cnc(OC2(C(=O)N3CCN(c4ccc(C(F)(F)F)cn4)CC3)CCCC2)s1. The lowest BCUT2D eigenvalue weighted by atomic mass is 9.99. The molecule has 0 bridgehead atoms. The van der Waals surface area contributed by atoms with E-state index in [0.29, 0.717) is 54.9 Å². The molecule has 0 N–H and O–H groups in total. The van der Waals surface area contributed by atoms with Crippen LogP contribution in [0.25, 0.3) is 0 Å². The van der Waals surface area contributed by atoms with E-state index in [1.807, 2.05) is 11.0 Å². The van der Waals surface area contributed by atoms with E-state index in [1.165, 1.54) is 12.3 Å². The van der Waals surface area contributed by atoms with Gasteiger partial charge in [-0.3, -0.25) is 4.79 Å². The van der Waals surface area contributed by atoms with Crippen LogP contribution in [0.3, 0.4) is 0 Å². The smallest absolute Gasteiger partial charge is 0.417 e. The summed E-state index contributed by atoms with van der Waals surface area (Å²) in [5, 5.41) is 9.31. The summed E-state index contributed by atoms with van der Waals surface area (Å²) in [6, 6.07) is 4.39. The Morgan fingerprint density at radius 1 is 1.13 bits per heavy atom. The number of ether oxygens (including phenoxy) is 1. The minimum absolute atomic E-state index is 0.0984. The van der Waals surface area contributed by atoms with E-state index in [-0.39, 0.29) is 5.91 Å². The van der Waals surface area contributed by atoms with Crippen molar-refractivity contribution in [1.29, 1.82) is 5.26 Å². The molecule has 31 heavy (non-hydrogen) atoms. The number of halogens is 3. The molecule has 1 aliphatic carbocycles. The first kappa shape index (κ1) is 21.4. The van der Waals surface area contributed by atoms with Gasteiger partial charge in [0.05, 0.1) is 11.8 Å². The van der Waals surface area contributed by atoms with Crippen LogP contribution in [0.4, 0.5) is 19.0 Å². The molecule has 2 aliphatic rings. The van der Waals surface area contributed by atoms with Gasteiger partial charge in [-0.15, -0.1) is 0 Å². The molecular weight excluding hydrogens is 431 g/mol. The third-order valence-corrected chi connectivity index (χ3v) is 6.42. The molecule has 7 nitrogen and oxygen atoms in total. The summed E-state index contributed by atoms with van der Waals surface area (Å²) in [7, 11) is 0. The topological polar surface area (TPSA) is 82.3 Å². The minimum Gasteiger partial charge on any atom is -0.453 e. The fourth-order valence-corrected chi connectivity index (χ4v) is 4.64. The average molecular weight is 451 g/mol. The molecule has 1 saturated carbocycles. The number of hydrogen-bond donors (Lipinski definition) is 0. The molecule has 0 aromatic carbocycles. The third kappa shape index (κ3) is 4.44. The van der Waals surface area contributed by atoms with Crippen LogP contribution >= 0.6 is 11.3 Å². The summed E-state index contributed by atoms with van der Waals surface area (Å²) < 4.78 is 44.3. The Kier molecular flexibility index (Phi) is 5.75. The second-order valence-electron chi connectivity index (χ2n) is 7.59. The van der Waals surface area contributed by atoms with Crippen molar-refractivity contribution in [2.24, 2.45) is 0 Å². The Labute approximate surface area is 181 Å². The first-order chi connectivity index (χ1) is 14.8. The lowest BCUT2D eigenvalue weighted by molar-refractivity contribution is -0.148. The first-order valence-electron chi connectivity index (χ1n) is 9.93. The molecule has 2 aromatic heterocycles.